The summed E-state index contributed by atoms with van der Waals surface area (Å²) in [6.07, 6.45) is 3.53. The van der Waals surface area contributed by atoms with Crippen molar-refractivity contribution >= 4 is 29.9 Å². The maximum atomic E-state index is 5.69. The molecule has 1 unspecified atom stereocenters. The van der Waals surface area contributed by atoms with Crippen LogP contribution in [0.4, 0.5) is 0 Å². The third kappa shape index (κ3) is 11.2. The number of likely N-dealkylation sites (N-methyl/N-ethyl adjacent to an activating group) is 1. The Morgan fingerprint density at radius 3 is 2.82 bits per heavy atom. The number of hydrogen-bond donors (Lipinski definition) is 2. The Morgan fingerprint density at radius 1 is 1.29 bits per heavy atom. The summed E-state index contributed by atoms with van der Waals surface area (Å²) in [4.78, 5) is 6.94. The molecule has 7 heteroatoms. The molecule has 0 bridgehead atoms. The predicted octanol–water partition coefficient (Wildman–Crippen LogP) is 2.88. The largest absolute Gasteiger partial charge is 0.379 e. The second kappa shape index (κ2) is 16.0. The van der Waals surface area contributed by atoms with E-state index in [9.17, 15) is 0 Å². The lowest BCUT2D eigenvalue weighted by molar-refractivity contribution is 0.0171. The summed E-state index contributed by atoms with van der Waals surface area (Å²) in [6.45, 7) is 8.84. The van der Waals surface area contributed by atoms with Crippen LogP contribution < -0.4 is 10.6 Å². The van der Waals surface area contributed by atoms with E-state index in [1.807, 2.05) is 0 Å². The smallest absolute Gasteiger partial charge is 0.191 e. The molecule has 1 aliphatic rings. The van der Waals surface area contributed by atoms with E-state index < -0.39 is 0 Å². The highest BCUT2D eigenvalue weighted by Crippen LogP contribution is 2.11. The SMILES string of the molecule is CCNC(=NCCCOCC1CCCO1)NCCN(C)Cc1ccccc1.I. The molecular formula is C21H37IN4O2. The molecule has 160 valence electrons. The molecule has 1 aliphatic heterocycles. The van der Waals surface area contributed by atoms with E-state index in [0.29, 0.717) is 6.10 Å². The molecule has 0 amide bonds. The number of ether oxygens (including phenoxy) is 2. The van der Waals surface area contributed by atoms with Gasteiger partial charge in [-0.25, -0.2) is 0 Å². The van der Waals surface area contributed by atoms with Crippen LogP contribution in [-0.4, -0.2) is 70.0 Å². The van der Waals surface area contributed by atoms with Crippen molar-refractivity contribution in [2.75, 3.05) is 53.0 Å². The number of rotatable bonds is 12. The second-order valence-corrected chi connectivity index (χ2v) is 6.97. The zero-order chi connectivity index (χ0) is 19.2. The lowest BCUT2D eigenvalue weighted by Gasteiger charge is -2.18. The van der Waals surface area contributed by atoms with Gasteiger partial charge in [0, 0.05) is 45.9 Å². The van der Waals surface area contributed by atoms with Crippen molar-refractivity contribution < 1.29 is 9.47 Å². The molecule has 0 aromatic heterocycles. The van der Waals surface area contributed by atoms with Crippen LogP contribution in [0, 0.1) is 0 Å². The van der Waals surface area contributed by atoms with Gasteiger partial charge in [-0.15, -0.1) is 24.0 Å². The Bertz CT molecular complexity index is 524. The van der Waals surface area contributed by atoms with Crippen molar-refractivity contribution in [3.05, 3.63) is 35.9 Å². The van der Waals surface area contributed by atoms with Crippen molar-refractivity contribution in [1.82, 2.24) is 15.5 Å². The van der Waals surface area contributed by atoms with Gasteiger partial charge in [-0.1, -0.05) is 30.3 Å². The Kier molecular flexibility index (Phi) is 14.3. The van der Waals surface area contributed by atoms with Crippen LogP contribution in [0.15, 0.2) is 35.3 Å². The van der Waals surface area contributed by atoms with Crippen molar-refractivity contribution in [1.29, 1.82) is 0 Å². The Balaban J connectivity index is 0.00000392. The van der Waals surface area contributed by atoms with Crippen LogP contribution in [0.25, 0.3) is 0 Å². The van der Waals surface area contributed by atoms with E-state index >= 15 is 0 Å². The molecule has 0 aliphatic carbocycles. The lowest BCUT2D eigenvalue weighted by atomic mass is 10.2. The standard InChI is InChI=1S/C21H36N4O2.HI/c1-3-22-21(23-12-8-15-26-18-20-11-7-16-27-20)24-13-14-25(2)17-19-9-5-4-6-10-19;/h4-6,9-10,20H,3,7-8,11-18H2,1-2H3,(H2,22,23,24);1H. The van der Waals surface area contributed by atoms with Crippen LogP contribution in [0.1, 0.15) is 31.7 Å². The first-order valence-corrected chi connectivity index (χ1v) is 10.2. The fraction of sp³-hybridized carbons (Fsp3) is 0.667. The average Bonchev–Trinajstić information content (AvgIpc) is 3.18. The van der Waals surface area contributed by atoms with Gasteiger partial charge >= 0.3 is 0 Å². The highest BCUT2D eigenvalue weighted by molar-refractivity contribution is 14.0. The quantitative estimate of drug-likeness (QED) is 0.199. The Hall–Kier alpha value is -0.900. The number of halogens is 1. The third-order valence-corrected chi connectivity index (χ3v) is 4.47. The van der Waals surface area contributed by atoms with Crippen molar-refractivity contribution in [2.45, 2.75) is 38.8 Å². The normalized spacial score (nSPS) is 16.8. The topological polar surface area (TPSA) is 58.1 Å². The van der Waals surface area contributed by atoms with Gasteiger partial charge < -0.3 is 25.0 Å². The van der Waals surface area contributed by atoms with Crippen LogP contribution in [0.5, 0.6) is 0 Å². The van der Waals surface area contributed by atoms with Gasteiger partial charge in [0.15, 0.2) is 5.96 Å². The number of nitrogens with one attached hydrogen (secondary N) is 2. The van der Waals surface area contributed by atoms with Gasteiger partial charge in [0.25, 0.3) is 0 Å². The Morgan fingerprint density at radius 2 is 2.11 bits per heavy atom. The maximum Gasteiger partial charge on any atom is 0.191 e. The number of hydrogen-bond acceptors (Lipinski definition) is 4. The molecule has 0 saturated carbocycles. The van der Waals surface area contributed by atoms with E-state index in [2.05, 4.69) is 64.8 Å². The first-order chi connectivity index (χ1) is 13.3. The summed E-state index contributed by atoms with van der Waals surface area (Å²) in [5.41, 5.74) is 1.34. The summed E-state index contributed by atoms with van der Waals surface area (Å²) in [6, 6.07) is 10.5. The zero-order valence-corrected chi connectivity index (χ0v) is 19.7. The van der Waals surface area contributed by atoms with Crippen molar-refractivity contribution in [3.8, 4) is 0 Å². The minimum Gasteiger partial charge on any atom is -0.379 e. The molecule has 2 rings (SSSR count). The fourth-order valence-corrected chi connectivity index (χ4v) is 3.03. The molecule has 1 heterocycles. The molecule has 1 aromatic carbocycles. The van der Waals surface area contributed by atoms with E-state index in [4.69, 9.17) is 9.47 Å². The molecule has 1 atom stereocenters. The average molecular weight is 504 g/mol. The van der Waals surface area contributed by atoms with Gasteiger partial charge in [-0.05, 0) is 38.8 Å². The van der Waals surface area contributed by atoms with E-state index in [-0.39, 0.29) is 24.0 Å². The zero-order valence-electron chi connectivity index (χ0n) is 17.4. The van der Waals surface area contributed by atoms with Gasteiger partial charge in [0.05, 0.1) is 12.7 Å². The number of nitrogens with zero attached hydrogens (tertiary/aromatic N) is 2. The number of benzene rings is 1. The van der Waals surface area contributed by atoms with Crippen molar-refractivity contribution in [2.24, 2.45) is 4.99 Å². The first kappa shape index (κ1) is 25.1. The molecule has 1 aromatic rings. The van der Waals surface area contributed by atoms with Crippen LogP contribution in [0.3, 0.4) is 0 Å². The highest BCUT2D eigenvalue weighted by Gasteiger charge is 2.14. The van der Waals surface area contributed by atoms with Crippen molar-refractivity contribution in [3.63, 3.8) is 0 Å². The minimum atomic E-state index is 0. The van der Waals surface area contributed by atoms with E-state index in [1.165, 1.54) is 5.56 Å². The molecule has 28 heavy (non-hydrogen) atoms. The number of aliphatic imine (C=N–C) groups is 1. The summed E-state index contributed by atoms with van der Waals surface area (Å²) < 4.78 is 11.2. The monoisotopic (exact) mass is 504 g/mol. The molecule has 0 radical (unpaired) electrons. The van der Waals surface area contributed by atoms with E-state index in [1.54, 1.807) is 0 Å². The van der Waals surface area contributed by atoms with Gasteiger partial charge in [-0.3, -0.25) is 4.99 Å². The molecular weight excluding hydrogens is 467 g/mol. The van der Waals surface area contributed by atoms with Gasteiger partial charge in [0.2, 0.25) is 0 Å². The summed E-state index contributed by atoms with van der Waals surface area (Å²) in [5, 5.41) is 6.71. The minimum absolute atomic E-state index is 0. The van der Waals surface area contributed by atoms with E-state index in [0.717, 1.165) is 77.8 Å². The number of guanidine groups is 1. The molecule has 6 nitrogen and oxygen atoms in total. The Labute approximate surface area is 187 Å². The second-order valence-electron chi connectivity index (χ2n) is 6.97. The maximum absolute atomic E-state index is 5.69. The summed E-state index contributed by atoms with van der Waals surface area (Å²) >= 11 is 0. The molecule has 2 N–H and O–H groups in total. The molecule has 1 fully saturated rings. The third-order valence-electron chi connectivity index (χ3n) is 4.47. The van der Waals surface area contributed by atoms with Crippen LogP contribution >= 0.6 is 24.0 Å². The lowest BCUT2D eigenvalue weighted by Crippen LogP contribution is -2.41. The fourth-order valence-electron chi connectivity index (χ4n) is 3.03. The summed E-state index contributed by atoms with van der Waals surface area (Å²) in [7, 11) is 2.14. The predicted molar refractivity (Wildman–Crippen MR) is 127 cm³/mol. The van der Waals surface area contributed by atoms with Gasteiger partial charge in [-0.2, -0.15) is 0 Å². The van der Waals surface area contributed by atoms with Crippen LogP contribution in [-0.2, 0) is 16.0 Å². The highest BCUT2D eigenvalue weighted by atomic mass is 127. The molecule has 0 spiro atoms. The first-order valence-electron chi connectivity index (χ1n) is 10.2. The van der Waals surface area contributed by atoms with Crippen LogP contribution in [0.2, 0.25) is 0 Å². The molecule has 1 saturated heterocycles. The summed E-state index contributed by atoms with van der Waals surface area (Å²) in [5.74, 6) is 0.879. The van der Waals surface area contributed by atoms with Gasteiger partial charge in [0.1, 0.15) is 0 Å².